The Morgan fingerprint density at radius 2 is 2.05 bits per heavy atom. The van der Waals surface area contributed by atoms with Gasteiger partial charge in [-0.15, -0.1) is 6.58 Å². The van der Waals surface area contributed by atoms with Gasteiger partial charge in [0, 0.05) is 17.0 Å². The lowest BCUT2D eigenvalue weighted by Crippen LogP contribution is -2.19. The SMILES string of the molecule is C=CCCN1Sc2ccccc2-c2cc(OC)ccc21. The topological polar surface area (TPSA) is 12.5 Å². The molecule has 0 saturated heterocycles. The summed E-state index contributed by atoms with van der Waals surface area (Å²) < 4.78 is 7.70. The zero-order valence-electron chi connectivity index (χ0n) is 11.5. The van der Waals surface area contributed by atoms with E-state index in [0.29, 0.717) is 0 Å². The molecule has 0 N–H and O–H groups in total. The van der Waals surface area contributed by atoms with E-state index < -0.39 is 0 Å². The van der Waals surface area contributed by atoms with Gasteiger partial charge in [-0.3, -0.25) is 0 Å². The van der Waals surface area contributed by atoms with Gasteiger partial charge in [-0.05, 0) is 48.2 Å². The number of fused-ring (bicyclic) bond motifs is 3. The number of methoxy groups -OCH3 is 1. The van der Waals surface area contributed by atoms with Crippen LogP contribution in [0.1, 0.15) is 6.42 Å². The minimum Gasteiger partial charge on any atom is -0.497 e. The molecule has 1 heterocycles. The standard InChI is InChI=1S/C17H17NOS/c1-3-4-11-18-16-10-9-13(19-2)12-15(16)14-7-5-6-8-17(14)20-18/h3,5-10,12H,1,4,11H2,2H3. The van der Waals surface area contributed by atoms with E-state index in [1.165, 1.54) is 21.7 Å². The summed E-state index contributed by atoms with van der Waals surface area (Å²) in [4.78, 5) is 1.29. The van der Waals surface area contributed by atoms with E-state index >= 15 is 0 Å². The molecule has 1 aliphatic rings. The van der Waals surface area contributed by atoms with Gasteiger partial charge in [0.1, 0.15) is 5.75 Å². The Morgan fingerprint density at radius 3 is 2.85 bits per heavy atom. The largest absolute Gasteiger partial charge is 0.497 e. The summed E-state index contributed by atoms with van der Waals surface area (Å²) in [6.45, 7) is 4.78. The maximum Gasteiger partial charge on any atom is 0.119 e. The lowest BCUT2D eigenvalue weighted by molar-refractivity contribution is 0.415. The quantitative estimate of drug-likeness (QED) is 0.592. The van der Waals surface area contributed by atoms with Gasteiger partial charge in [-0.2, -0.15) is 0 Å². The number of ether oxygens (including phenoxy) is 1. The number of rotatable bonds is 4. The summed E-state index contributed by atoms with van der Waals surface area (Å²) in [6, 6.07) is 14.8. The van der Waals surface area contributed by atoms with E-state index in [1.807, 2.05) is 12.1 Å². The zero-order valence-corrected chi connectivity index (χ0v) is 12.3. The number of benzene rings is 2. The molecule has 0 radical (unpaired) electrons. The fraction of sp³-hybridized carbons (Fsp3) is 0.176. The van der Waals surface area contributed by atoms with Crippen LogP contribution >= 0.6 is 11.9 Å². The highest BCUT2D eigenvalue weighted by molar-refractivity contribution is 8.01. The fourth-order valence-corrected chi connectivity index (χ4v) is 3.49. The first-order valence-corrected chi connectivity index (χ1v) is 7.44. The van der Waals surface area contributed by atoms with Crippen molar-refractivity contribution in [1.82, 2.24) is 0 Å². The Bertz CT molecular complexity index is 639. The van der Waals surface area contributed by atoms with Crippen molar-refractivity contribution in [1.29, 1.82) is 0 Å². The summed E-state index contributed by atoms with van der Waals surface area (Å²) in [7, 11) is 1.71. The predicted octanol–water partition coefficient (Wildman–Crippen LogP) is 4.77. The molecule has 0 aromatic heterocycles. The Kier molecular flexibility index (Phi) is 3.70. The average Bonchev–Trinajstić information content (AvgIpc) is 2.52. The van der Waals surface area contributed by atoms with E-state index in [2.05, 4.69) is 47.3 Å². The van der Waals surface area contributed by atoms with Gasteiger partial charge in [0.2, 0.25) is 0 Å². The van der Waals surface area contributed by atoms with Crippen molar-refractivity contribution >= 4 is 17.6 Å². The van der Waals surface area contributed by atoms with Crippen LogP contribution < -0.4 is 9.04 Å². The first-order chi connectivity index (χ1) is 9.83. The fourth-order valence-electron chi connectivity index (χ4n) is 2.39. The number of hydrogen-bond donors (Lipinski definition) is 0. The minimum atomic E-state index is 0.897. The van der Waals surface area contributed by atoms with E-state index in [-0.39, 0.29) is 0 Å². The monoisotopic (exact) mass is 283 g/mol. The lowest BCUT2D eigenvalue weighted by atomic mass is 10.0. The van der Waals surface area contributed by atoms with Crippen LogP contribution in [0.3, 0.4) is 0 Å². The highest BCUT2D eigenvalue weighted by atomic mass is 32.2. The van der Waals surface area contributed by atoms with Gasteiger partial charge in [-0.1, -0.05) is 24.3 Å². The number of nitrogens with zero attached hydrogens (tertiary/aromatic N) is 1. The molecule has 0 spiro atoms. The molecule has 0 bridgehead atoms. The van der Waals surface area contributed by atoms with Crippen LogP contribution in [0, 0.1) is 0 Å². The molecule has 2 aromatic carbocycles. The molecule has 102 valence electrons. The van der Waals surface area contributed by atoms with Gasteiger partial charge in [0.25, 0.3) is 0 Å². The Morgan fingerprint density at radius 1 is 1.20 bits per heavy atom. The summed E-state index contributed by atoms with van der Waals surface area (Å²) in [5, 5.41) is 0. The molecule has 0 amide bonds. The first-order valence-electron chi connectivity index (χ1n) is 6.67. The zero-order chi connectivity index (χ0) is 13.9. The molecule has 3 heteroatoms. The molecule has 2 aromatic rings. The average molecular weight is 283 g/mol. The second-order valence-corrected chi connectivity index (χ2v) is 5.71. The lowest BCUT2D eigenvalue weighted by Gasteiger charge is -2.31. The van der Waals surface area contributed by atoms with Crippen molar-refractivity contribution in [3.63, 3.8) is 0 Å². The maximum atomic E-state index is 5.37. The molecule has 0 unspecified atom stereocenters. The third kappa shape index (κ3) is 2.29. The van der Waals surface area contributed by atoms with E-state index in [1.54, 1.807) is 19.1 Å². The Labute approximate surface area is 124 Å². The molecule has 3 rings (SSSR count). The second-order valence-electron chi connectivity index (χ2n) is 4.65. The predicted molar refractivity (Wildman–Crippen MR) is 86.4 cm³/mol. The minimum absolute atomic E-state index is 0.897. The highest BCUT2D eigenvalue weighted by Crippen LogP contribution is 2.47. The number of hydrogen-bond acceptors (Lipinski definition) is 3. The molecule has 20 heavy (non-hydrogen) atoms. The van der Waals surface area contributed by atoms with E-state index in [0.717, 1.165) is 18.7 Å². The Hall–Kier alpha value is -1.87. The molecule has 1 aliphatic heterocycles. The van der Waals surface area contributed by atoms with Gasteiger partial charge < -0.3 is 9.04 Å². The summed E-state index contributed by atoms with van der Waals surface area (Å²) in [5.74, 6) is 0.897. The van der Waals surface area contributed by atoms with Gasteiger partial charge in [-0.25, -0.2) is 0 Å². The van der Waals surface area contributed by atoms with Gasteiger partial charge in [0.15, 0.2) is 0 Å². The van der Waals surface area contributed by atoms with Crippen molar-refractivity contribution in [3.05, 3.63) is 55.1 Å². The molecule has 2 nitrogen and oxygen atoms in total. The Balaban J connectivity index is 2.10. The van der Waals surface area contributed by atoms with Crippen molar-refractivity contribution in [2.75, 3.05) is 18.0 Å². The summed E-state index contributed by atoms with van der Waals surface area (Å²) in [6.07, 6.45) is 2.94. The summed E-state index contributed by atoms with van der Waals surface area (Å²) in [5.41, 5.74) is 3.76. The third-order valence-corrected chi connectivity index (χ3v) is 4.55. The van der Waals surface area contributed by atoms with Crippen LogP contribution in [0.25, 0.3) is 11.1 Å². The highest BCUT2D eigenvalue weighted by Gasteiger charge is 2.22. The molecule has 0 fully saturated rings. The van der Waals surface area contributed by atoms with Crippen LogP contribution in [0.5, 0.6) is 5.75 Å². The van der Waals surface area contributed by atoms with Crippen LogP contribution in [-0.4, -0.2) is 13.7 Å². The third-order valence-electron chi connectivity index (χ3n) is 3.39. The second kappa shape index (κ2) is 5.63. The van der Waals surface area contributed by atoms with Crippen molar-refractivity contribution in [2.24, 2.45) is 0 Å². The van der Waals surface area contributed by atoms with Crippen molar-refractivity contribution in [2.45, 2.75) is 11.3 Å². The van der Waals surface area contributed by atoms with Gasteiger partial charge in [0.05, 0.1) is 12.8 Å². The molecular formula is C17H17NOS. The molecule has 0 saturated carbocycles. The van der Waals surface area contributed by atoms with Crippen LogP contribution in [0.15, 0.2) is 60.0 Å². The molecule has 0 atom stereocenters. The summed E-state index contributed by atoms with van der Waals surface area (Å²) >= 11 is 1.80. The normalized spacial score (nSPS) is 12.6. The van der Waals surface area contributed by atoms with Crippen molar-refractivity contribution in [3.8, 4) is 16.9 Å². The van der Waals surface area contributed by atoms with Gasteiger partial charge >= 0.3 is 0 Å². The number of anilines is 1. The molecule has 0 aliphatic carbocycles. The van der Waals surface area contributed by atoms with Crippen LogP contribution in [-0.2, 0) is 0 Å². The van der Waals surface area contributed by atoms with Crippen LogP contribution in [0.4, 0.5) is 5.69 Å². The van der Waals surface area contributed by atoms with E-state index in [4.69, 9.17) is 4.74 Å². The van der Waals surface area contributed by atoms with Crippen molar-refractivity contribution < 1.29 is 4.74 Å². The smallest absolute Gasteiger partial charge is 0.119 e. The maximum absolute atomic E-state index is 5.37. The first kappa shape index (κ1) is 13.1. The molecular weight excluding hydrogens is 266 g/mol. The van der Waals surface area contributed by atoms with E-state index in [9.17, 15) is 0 Å². The van der Waals surface area contributed by atoms with Crippen LogP contribution in [0.2, 0.25) is 0 Å².